The molecule has 2 rings (SSSR count). The largest absolute Gasteiger partial charge is 0.301 e. The van der Waals surface area contributed by atoms with E-state index in [1.54, 1.807) is 11.3 Å². The van der Waals surface area contributed by atoms with Crippen molar-refractivity contribution >= 4 is 34.0 Å². The molecule has 0 aromatic carbocycles. The van der Waals surface area contributed by atoms with E-state index < -0.39 is 0 Å². The summed E-state index contributed by atoms with van der Waals surface area (Å²) in [4.78, 5) is 19.3. The highest BCUT2D eigenvalue weighted by molar-refractivity contribution is 7.15. The zero-order chi connectivity index (χ0) is 13.8. The normalized spacial score (nSPS) is 17.6. The molecule has 19 heavy (non-hydrogen) atoms. The summed E-state index contributed by atoms with van der Waals surface area (Å²) in [5.74, 6) is 0.615. The first-order valence-electron chi connectivity index (χ1n) is 6.63. The molecule has 1 aromatic rings. The molecule has 6 heteroatoms. The summed E-state index contributed by atoms with van der Waals surface area (Å²) >= 11 is 7.03. The lowest BCUT2D eigenvalue weighted by Crippen LogP contribution is -2.32. The molecule has 106 valence electrons. The van der Waals surface area contributed by atoms with Gasteiger partial charge in [0.15, 0.2) is 5.13 Å². The van der Waals surface area contributed by atoms with Crippen LogP contribution in [0.2, 0.25) is 0 Å². The molecule has 0 unspecified atom stereocenters. The molecule has 1 N–H and O–H groups in total. The lowest BCUT2D eigenvalue weighted by atomic mass is 9.99. The van der Waals surface area contributed by atoms with Crippen LogP contribution in [-0.4, -0.2) is 34.8 Å². The number of carbonyl (C=O) groups is 1. The van der Waals surface area contributed by atoms with E-state index in [-0.39, 0.29) is 11.8 Å². The molecule has 1 saturated heterocycles. The van der Waals surface area contributed by atoms with Crippen LogP contribution in [0.4, 0.5) is 5.13 Å². The molecule has 0 spiro atoms. The minimum Gasteiger partial charge on any atom is -0.301 e. The fraction of sp³-hybridized carbons (Fsp3) is 0.692. The van der Waals surface area contributed by atoms with E-state index in [2.05, 4.69) is 22.1 Å². The molecule has 1 aromatic heterocycles. The van der Waals surface area contributed by atoms with Crippen LogP contribution in [-0.2, 0) is 11.3 Å². The van der Waals surface area contributed by atoms with Gasteiger partial charge in [0.25, 0.3) is 0 Å². The van der Waals surface area contributed by atoms with E-state index in [9.17, 15) is 4.79 Å². The average molecular weight is 302 g/mol. The van der Waals surface area contributed by atoms with Crippen LogP contribution in [0.5, 0.6) is 0 Å². The number of likely N-dealkylation sites (tertiary alicyclic amines) is 1. The molecule has 0 bridgehead atoms. The first kappa shape index (κ1) is 14.8. The Morgan fingerprint density at radius 3 is 2.84 bits per heavy atom. The van der Waals surface area contributed by atoms with Gasteiger partial charge in [0.1, 0.15) is 5.88 Å². The van der Waals surface area contributed by atoms with E-state index in [1.807, 2.05) is 6.92 Å². The fourth-order valence-electron chi connectivity index (χ4n) is 2.20. The number of anilines is 1. The van der Waals surface area contributed by atoms with Gasteiger partial charge >= 0.3 is 0 Å². The van der Waals surface area contributed by atoms with Crippen molar-refractivity contribution in [3.8, 4) is 0 Å². The van der Waals surface area contributed by atoms with Gasteiger partial charge in [-0.2, -0.15) is 0 Å². The summed E-state index contributed by atoms with van der Waals surface area (Å²) in [7, 11) is 0. The molecule has 1 aliphatic heterocycles. The zero-order valence-electron chi connectivity index (χ0n) is 11.4. The zero-order valence-corrected chi connectivity index (χ0v) is 13.0. The highest BCUT2D eigenvalue weighted by Gasteiger charge is 2.18. The van der Waals surface area contributed by atoms with E-state index >= 15 is 0 Å². The first-order valence-corrected chi connectivity index (χ1v) is 7.98. The second-order valence-corrected chi connectivity index (χ2v) is 6.52. The van der Waals surface area contributed by atoms with Gasteiger partial charge in [0, 0.05) is 11.4 Å². The second-order valence-electron chi connectivity index (χ2n) is 5.17. The molecule has 0 atom stereocenters. The molecule has 1 fully saturated rings. The predicted molar refractivity (Wildman–Crippen MR) is 79.9 cm³/mol. The molecular formula is C13H20ClN3OS. The Hall–Kier alpha value is -0.650. The Kier molecular flexibility index (Phi) is 5.19. The van der Waals surface area contributed by atoms with Crippen molar-refractivity contribution in [3.05, 3.63) is 10.6 Å². The molecule has 0 saturated carbocycles. The summed E-state index contributed by atoms with van der Waals surface area (Å²) < 4.78 is 0. The number of halogens is 1. The molecule has 1 aliphatic rings. The van der Waals surface area contributed by atoms with E-state index in [0.717, 1.165) is 31.2 Å². The third-order valence-electron chi connectivity index (χ3n) is 3.50. The Morgan fingerprint density at radius 2 is 2.21 bits per heavy atom. The number of hydrogen-bond acceptors (Lipinski definition) is 4. The smallest absolute Gasteiger partial charge is 0.241 e. The van der Waals surface area contributed by atoms with Crippen LogP contribution in [0.15, 0.2) is 0 Å². The van der Waals surface area contributed by atoms with Crippen LogP contribution in [0, 0.1) is 12.8 Å². The van der Waals surface area contributed by atoms with Crippen LogP contribution in [0.25, 0.3) is 0 Å². The summed E-state index contributed by atoms with van der Waals surface area (Å²) in [6.07, 6.45) is 2.54. The molecule has 0 radical (unpaired) electrons. The van der Waals surface area contributed by atoms with Crippen molar-refractivity contribution in [1.82, 2.24) is 9.88 Å². The van der Waals surface area contributed by atoms with Crippen LogP contribution < -0.4 is 5.32 Å². The quantitative estimate of drug-likeness (QED) is 0.870. The van der Waals surface area contributed by atoms with Crippen molar-refractivity contribution in [1.29, 1.82) is 0 Å². The van der Waals surface area contributed by atoms with Gasteiger partial charge in [0.2, 0.25) is 5.91 Å². The number of thiazole rings is 1. The first-order chi connectivity index (χ1) is 9.08. The molecular weight excluding hydrogens is 282 g/mol. The number of aromatic nitrogens is 1. The van der Waals surface area contributed by atoms with Gasteiger partial charge in [-0.1, -0.05) is 6.92 Å². The fourth-order valence-corrected chi connectivity index (χ4v) is 3.29. The van der Waals surface area contributed by atoms with E-state index in [4.69, 9.17) is 11.6 Å². The number of aryl methyl sites for hydroxylation is 1. The van der Waals surface area contributed by atoms with Crippen molar-refractivity contribution < 1.29 is 4.79 Å². The van der Waals surface area contributed by atoms with Gasteiger partial charge < -0.3 is 5.32 Å². The molecule has 0 aliphatic carbocycles. The lowest BCUT2D eigenvalue weighted by Gasteiger charge is -2.29. The summed E-state index contributed by atoms with van der Waals surface area (Å²) in [6.45, 7) is 7.56. The second kappa shape index (κ2) is 6.68. The van der Waals surface area contributed by atoms with Gasteiger partial charge in [-0.3, -0.25) is 9.69 Å². The predicted octanol–water partition coefficient (Wildman–Crippen LogP) is 2.86. The number of nitrogens with one attached hydrogen (secondary N) is 1. The monoisotopic (exact) mass is 301 g/mol. The lowest BCUT2D eigenvalue weighted by molar-refractivity contribution is -0.113. The Balaban J connectivity index is 1.95. The summed E-state index contributed by atoms with van der Waals surface area (Å²) in [5, 5.41) is 3.37. The molecule has 1 amide bonds. The number of alkyl halides is 1. The van der Waals surface area contributed by atoms with E-state index in [0.29, 0.717) is 5.13 Å². The highest BCUT2D eigenvalue weighted by Crippen LogP contribution is 2.26. The van der Waals surface area contributed by atoms with Crippen LogP contribution in [0.1, 0.15) is 30.3 Å². The SMILES string of the molecule is Cc1nc(NC(=O)CCl)sc1CN1CCC(C)CC1. The number of nitrogens with zero attached hydrogens (tertiary/aromatic N) is 2. The molecule has 2 heterocycles. The Labute approximate surface area is 123 Å². The Bertz CT molecular complexity index is 441. The van der Waals surface area contributed by atoms with Crippen molar-refractivity contribution in [2.75, 3.05) is 24.3 Å². The highest BCUT2D eigenvalue weighted by atomic mass is 35.5. The van der Waals surface area contributed by atoms with Gasteiger partial charge in [-0.25, -0.2) is 4.98 Å². The summed E-state index contributed by atoms with van der Waals surface area (Å²) in [5.41, 5.74) is 1.01. The van der Waals surface area contributed by atoms with Gasteiger partial charge in [0.05, 0.1) is 5.69 Å². The number of hydrogen-bond donors (Lipinski definition) is 1. The molecule has 4 nitrogen and oxygen atoms in total. The number of amides is 1. The average Bonchev–Trinajstić information content (AvgIpc) is 2.72. The third-order valence-corrected chi connectivity index (χ3v) is 4.80. The summed E-state index contributed by atoms with van der Waals surface area (Å²) in [6, 6.07) is 0. The maximum atomic E-state index is 11.2. The minimum atomic E-state index is -0.200. The third kappa shape index (κ3) is 4.16. The van der Waals surface area contributed by atoms with Crippen LogP contribution >= 0.6 is 22.9 Å². The standard InChI is InChI=1S/C13H20ClN3OS/c1-9-3-5-17(6-4-9)8-11-10(2)15-13(19-11)16-12(18)7-14/h9H,3-8H2,1-2H3,(H,15,16,18). The van der Waals surface area contributed by atoms with Crippen molar-refractivity contribution in [2.24, 2.45) is 5.92 Å². The van der Waals surface area contributed by atoms with Crippen molar-refractivity contribution in [2.45, 2.75) is 33.2 Å². The number of carbonyl (C=O) groups excluding carboxylic acids is 1. The number of rotatable bonds is 4. The van der Waals surface area contributed by atoms with Crippen LogP contribution in [0.3, 0.4) is 0 Å². The topological polar surface area (TPSA) is 45.2 Å². The van der Waals surface area contributed by atoms with Crippen molar-refractivity contribution in [3.63, 3.8) is 0 Å². The minimum absolute atomic E-state index is 0.0298. The van der Waals surface area contributed by atoms with Gasteiger partial charge in [-0.05, 0) is 38.8 Å². The Morgan fingerprint density at radius 1 is 1.53 bits per heavy atom. The maximum absolute atomic E-state index is 11.2. The number of piperidine rings is 1. The van der Waals surface area contributed by atoms with Gasteiger partial charge in [-0.15, -0.1) is 22.9 Å². The maximum Gasteiger partial charge on any atom is 0.241 e. The van der Waals surface area contributed by atoms with E-state index in [1.165, 1.54) is 17.7 Å².